The minimum Gasteiger partial charge on any atom is -0.494 e. The molecule has 2 aromatic rings. The fraction of sp³-hybridized carbons (Fsp3) is 0.357. The average molecular weight is 282 g/mol. The molecule has 1 N–H and O–H groups in total. The highest BCUT2D eigenvalue weighted by atomic mass is 35.5. The van der Waals surface area contributed by atoms with E-state index in [0.29, 0.717) is 6.61 Å². The van der Waals surface area contributed by atoms with Crippen molar-refractivity contribution in [3.05, 3.63) is 42.2 Å². The molecular formula is C14H20ClN3O. The average Bonchev–Trinajstić information content (AvgIpc) is 2.86. The van der Waals surface area contributed by atoms with Crippen molar-refractivity contribution < 1.29 is 4.74 Å². The fourth-order valence-electron chi connectivity index (χ4n) is 1.70. The highest BCUT2D eigenvalue weighted by Crippen LogP contribution is 2.13. The smallest absolute Gasteiger partial charge is 0.119 e. The maximum atomic E-state index is 5.41. The van der Waals surface area contributed by atoms with E-state index in [0.717, 1.165) is 24.5 Å². The van der Waals surface area contributed by atoms with Crippen LogP contribution in [0.25, 0.3) is 0 Å². The van der Waals surface area contributed by atoms with Gasteiger partial charge in [0.15, 0.2) is 0 Å². The van der Waals surface area contributed by atoms with Crippen molar-refractivity contribution in [2.75, 3.05) is 11.9 Å². The van der Waals surface area contributed by atoms with Crippen LogP contribution in [-0.4, -0.2) is 16.4 Å². The molecule has 0 bridgehead atoms. The molecule has 4 nitrogen and oxygen atoms in total. The molecule has 1 heterocycles. The molecule has 5 heteroatoms. The Hall–Kier alpha value is -1.68. The number of halogens is 1. The van der Waals surface area contributed by atoms with E-state index in [2.05, 4.69) is 29.5 Å². The van der Waals surface area contributed by atoms with Gasteiger partial charge in [0.1, 0.15) is 5.75 Å². The van der Waals surface area contributed by atoms with Crippen molar-refractivity contribution in [2.45, 2.75) is 26.9 Å². The molecule has 0 fully saturated rings. The zero-order valence-corrected chi connectivity index (χ0v) is 12.1. The van der Waals surface area contributed by atoms with Crippen LogP contribution in [0.2, 0.25) is 0 Å². The highest BCUT2D eigenvalue weighted by molar-refractivity contribution is 5.85. The fourth-order valence-corrected chi connectivity index (χ4v) is 1.70. The molecule has 0 radical (unpaired) electrons. The van der Waals surface area contributed by atoms with E-state index in [1.807, 2.05) is 36.1 Å². The topological polar surface area (TPSA) is 39.1 Å². The van der Waals surface area contributed by atoms with Gasteiger partial charge in [-0.3, -0.25) is 4.68 Å². The first kappa shape index (κ1) is 15.4. The Morgan fingerprint density at radius 3 is 2.53 bits per heavy atom. The Morgan fingerprint density at radius 2 is 1.95 bits per heavy atom. The van der Waals surface area contributed by atoms with Gasteiger partial charge in [-0.15, -0.1) is 12.4 Å². The first-order valence-electron chi connectivity index (χ1n) is 6.30. The summed E-state index contributed by atoms with van der Waals surface area (Å²) in [6.45, 7) is 6.45. The summed E-state index contributed by atoms with van der Waals surface area (Å²) in [6, 6.07) is 8.14. The lowest BCUT2D eigenvalue weighted by atomic mass is 10.2. The van der Waals surface area contributed by atoms with Gasteiger partial charge in [0.2, 0.25) is 0 Å². The Bertz CT molecular complexity index is 482. The molecule has 1 aromatic carbocycles. The van der Waals surface area contributed by atoms with Crippen LogP contribution in [0.15, 0.2) is 36.7 Å². The Labute approximate surface area is 120 Å². The first-order chi connectivity index (χ1) is 8.81. The molecule has 0 saturated heterocycles. The number of hydrogen-bond donors (Lipinski definition) is 1. The van der Waals surface area contributed by atoms with Gasteiger partial charge in [-0.2, -0.15) is 5.10 Å². The third-order valence-corrected chi connectivity index (χ3v) is 2.69. The van der Waals surface area contributed by atoms with Crippen LogP contribution in [0, 0.1) is 0 Å². The van der Waals surface area contributed by atoms with Crippen LogP contribution in [-0.2, 0) is 13.1 Å². The molecule has 19 heavy (non-hydrogen) atoms. The maximum Gasteiger partial charge on any atom is 0.119 e. The minimum absolute atomic E-state index is 0. The standard InChI is InChI=1S/C14H19N3O.ClH/c1-3-17-11-13(10-16-17)15-9-12-5-7-14(8-6-12)18-4-2;/h5-8,10-11,15H,3-4,9H2,1-2H3;1H. The van der Waals surface area contributed by atoms with E-state index in [9.17, 15) is 0 Å². The van der Waals surface area contributed by atoms with Gasteiger partial charge >= 0.3 is 0 Å². The summed E-state index contributed by atoms with van der Waals surface area (Å²) in [4.78, 5) is 0. The van der Waals surface area contributed by atoms with Gasteiger partial charge in [-0.1, -0.05) is 12.1 Å². The minimum atomic E-state index is 0. The summed E-state index contributed by atoms with van der Waals surface area (Å²) in [5.41, 5.74) is 2.27. The zero-order valence-electron chi connectivity index (χ0n) is 11.3. The van der Waals surface area contributed by atoms with Crippen LogP contribution in [0.5, 0.6) is 5.75 Å². The van der Waals surface area contributed by atoms with Crippen LogP contribution in [0.1, 0.15) is 19.4 Å². The van der Waals surface area contributed by atoms with E-state index in [1.54, 1.807) is 0 Å². The molecule has 0 unspecified atom stereocenters. The molecule has 104 valence electrons. The number of hydrogen-bond acceptors (Lipinski definition) is 3. The predicted molar refractivity (Wildman–Crippen MR) is 80.1 cm³/mol. The molecular weight excluding hydrogens is 262 g/mol. The normalized spacial score (nSPS) is 9.79. The molecule has 0 atom stereocenters. The molecule has 1 aromatic heterocycles. The van der Waals surface area contributed by atoms with Gasteiger partial charge in [-0.05, 0) is 31.5 Å². The summed E-state index contributed by atoms with van der Waals surface area (Å²) < 4.78 is 7.31. The summed E-state index contributed by atoms with van der Waals surface area (Å²) in [7, 11) is 0. The molecule has 0 amide bonds. The summed E-state index contributed by atoms with van der Waals surface area (Å²) >= 11 is 0. The lowest BCUT2D eigenvalue weighted by Gasteiger charge is -2.06. The molecule has 0 aliphatic rings. The van der Waals surface area contributed by atoms with Crippen molar-refractivity contribution in [3.8, 4) is 5.75 Å². The van der Waals surface area contributed by atoms with E-state index < -0.39 is 0 Å². The summed E-state index contributed by atoms with van der Waals surface area (Å²) in [5.74, 6) is 0.917. The maximum absolute atomic E-state index is 5.41. The first-order valence-corrected chi connectivity index (χ1v) is 6.30. The van der Waals surface area contributed by atoms with E-state index in [1.165, 1.54) is 5.56 Å². The third kappa shape index (κ3) is 4.48. The van der Waals surface area contributed by atoms with Crippen molar-refractivity contribution in [2.24, 2.45) is 0 Å². The van der Waals surface area contributed by atoms with E-state index in [-0.39, 0.29) is 12.4 Å². The van der Waals surface area contributed by atoms with Gasteiger partial charge in [0.05, 0.1) is 18.5 Å². The zero-order chi connectivity index (χ0) is 12.8. The Kier molecular flexibility index (Phi) is 6.22. The number of aromatic nitrogens is 2. The van der Waals surface area contributed by atoms with Crippen molar-refractivity contribution >= 4 is 18.1 Å². The third-order valence-electron chi connectivity index (χ3n) is 2.69. The van der Waals surface area contributed by atoms with Crippen LogP contribution >= 0.6 is 12.4 Å². The van der Waals surface area contributed by atoms with Gasteiger partial charge in [-0.25, -0.2) is 0 Å². The van der Waals surface area contributed by atoms with Crippen molar-refractivity contribution in [1.82, 2.24) is 9.78 Å². The second kappa shape index (κ2) is 7.69. The van der Waals surface area contributed by atoms with E-state index in [4.69, 9.17) is 4.74 Å². The molecule has 0 aliphatic heterocycles. The van der Waals surface area contributed by atoms with Crippen molar-refractivity contribution in [3.63, 3.8) is 0 Å². The van der Waals surface area contributed by atoms with Gasteiger partial charge in [0.25, 0.3) is 0 Å². The van der Waals surface area contributed by atoms with Crippen LogP contribution in [0.3, 0.4) is 0 Å². The van der Waals surface area contributed by atoms with E-state index >= 15 is 0 Å². The number of ether oxygens (including phenoxy) is 1. The van der Waals surface area contributed by atoms with Gasteiger partial charge in [0, 0.05) is 19.3 Å². The molecule has 2 rings (SSSR count). The predicted octanol–water partition coefficient (Wildman–Crippen LogP) is 3.34. The Morgan fingerprint density at radius 1 is 1.21 bits per heavy atom. The lowest BCUT2D eigenvalue weighted by Crippen LogP contribution is -1.99. The lowest BCUT2D eigenvalue weighted by molar-refractivity contribution is 0.340. The summed E-state index contributed by atoms with van der Waals surface area (Å²) in [6.07, 6.45) is 3.85. The largest absolute Gasteiger partial charge is 0.494 e. The molecule has 0 spiro atoms. The molecule has 0 saturated carbocycles. The van der Waals surface area contributed by atoms with Gasteiger partial charge < -0.3 is 10.1 Å². The quantitative estimate of drug-likeness (QED) is 0.883. The monoisotopic (exact) mass is 281 g/mol. The molecule has 0 aliphatic carbocycles. The SMILES string of the molecule is CCOc1ccc(CNc2cnn(CC)c2)cc1.Cl. The highest BCUT2D eigenvalue weighted by Gasteiger charge is 1.98. The number of rotatable bonds is 6. The Balaban J connectivity index is 0.00000180. The second-order valence-electron chi connectivity index (χ2n) is 4.02. The summed E-state index contributed by atoms with van der Waals surface area (Å²) in [5, 5.41) is 7.56. The number of nitrogens with zero attached hydrogens (tertiary/aromatic N) is 2. The van der Waals surface area contributed by atoms with Crippen molar-refractivity contribution in [1.29, 1.82) is 0 Å². The van der Waals surface area contributed by atoms with Crippen LogP contribution < -0.4 is 10.1 Å². The number of benzene rings is 1. The second-order valence-corrected chi connectivity index (χ2v) is 4.02. The number of nitrogens with one attached hydrogen (secondary N) is 1. The number of anilines is 1. The van der Waals surface area contributed by atoms with Crippen LogP contribution in [0.4, 0.5) is 5.69 Å². The number of aryl methyl sites for hydroxylation is 1.